The van der Waals surface area contributed by atoms with E-state index in [9.17, 15) is 4.79 Å². The van der Waals surface area contributed by atoms with Gasteiger partial charge in [-0.25, -0.2) is 9.50 Å². The molecule has 1 aliphatic carbocycles. The van der Waals surface area contributed by atoms with Crippen LogP contribution in [0, 0.1) is 0 Å². The second-order valence-electron chi connectivity index (χ2n) is 6.06. The zero-order chi connectivity index (χ0) is 16.8. The van der Waals surface area contributed by atoms with Crippen molar-refractivity contribution in [1.82, 2.24) is 24.6 Å². The number of furan rings is 1. The number of carbonyl (C=O) groups is 1. The molecule has 7 heteroatoms. The molecule has 1 atom stereocenters. The van der Waals surface area contributed by atoms with Crippen LogP contribution >= 0.6 is 0 Å². The maximum Gasteiger partial charge on any atom is 0.252 e. The van der Waals surface area contributed by atoms with Gasteiger partial charge < -0.3 is 4.42 Å². The van der Waals surface area contributed by atoms with Crippen molar-refractivity contribution < 1.29 is 9.21 Å². The molecule has 4 heterocycles. The Kier molecular flexibility index (Phi) is 3.00. The molecule has 0 aliphatic heterocycles. The molecule has 122 valence electrons. The zero-order valence-corrected chi connectivity index (χ0v) is 13.2. The molecule has 0 aromatic carbocycles. The molecule has 25 heavy (non-hydrogen) atoms. The number of nitrogens with zero attached hydrogens (tertiary/aromatic N) is 5. The number of ketones is 1. The number of fused-ring (bicyclic) bond motifs is 2. The van der Waals surface area contributed by atoms with E-state index < -0.39 is 0 Å². The van der Waals surface area contributed by atoms with E-state index in [0.29, 0.717) is 30.0 Å². The van der Waals surface area contributed by atoms with Crippen LogP contribution in [0.3, 0.4) is 0 Å². The Morgan fingerprint density at radius 2 is 2.00 bits per heavy atom. The van der Waals surface area contributed by atoms with Gasteiger partial charge in [0.1, 0.15) is 5.76 Å². The number of pyridine rings is 1. The van der Waals surface area contributed by atoms with Crippen molar-refractivity contribution in [2.24, 2.45) is 0 Å². The number of carbonyl (C=O) groups excluding carboxylic acids is 1. The molecule has 0 unspecified atom stereocenters. The van der Waals surface area contributed by atoms with Crippen molar-refractivity contribution in [2.45, 2.75) is 18.8 Å². The largest absolute Gasteiger partial charge is 0.469 e. The molecule has 0 N–H and O–H groups in total. The highest BCUT2D eigenvalue weighted by atomic mass is 16.3. The van der Waals surface area contributed by atoms with Crippen LogP contribution in [0.25, 0.3) is 17.2 Å². The minimum Gasteiger partial charge on any atom is -0.469 e. The molecule has 5 rings (SSSR count). The lowest BCUT2D eigenvalue weighted by molar-refractivity contribution is 0.0958. The Labute approximate surface area is 142 Å². The first-order chi connectivity index (χ1) is 12.3. The Hall–Kier alpha value is -3.35. The van der Waals surface area contributed by atoms with Crippen molar-refractivity contribution in [2.75, 3.05) is 0 Å². The van der Waals surface area contributed by atoms with E-state index in [-0.39, 0.29) is 11.7 Å². The Morgan fingerprint density at radius 1 is 1.12 bits per heavy atom. The van der Waals surface area contributed by atoms with Gasteiger partial charge in [0.2, 0.25) is 0 Å². The van der Waals surface area contributed by atoms with Gasteiger partial charge in [-0.1, -0.05) is 0 Å². The average molecular weight is 331 g/mol. The van der Waals surface area contributed by atoms with Crippen molar-refractivity contribution in [1.29, 1.82) is 0 Å². The molecule has 0 spiro atoms. The molecular weight excluding hydrogens is 318 g/mol. The number of hydrogen-bond donors (Lipinski definition) is 0. The summed E-state index contributed by atoms with van der Waals surface area (Å²) >= 11 is 0. The fraction of sp³-hybridized carbons (Fsp3) is 0.167. The average Bonchev–Trinajstić information content (AvgIpc) is 3.30. The zero-order valence-electron chi connectivity index (χ0n) is 13.2. The molecule has 1 aliphatic rings. The highest BCUT2D eigenvalue weighted by Crippen LogP contribution is 2.32. The molecule has 0 radical (unpaired) electrons. The summed E-state index contributed by atoms with van der Waals surface area (Å²) in [6.45, 7) is 0. The van der Waals surface area contributed by atoms with Gasteiger partial charge in [-0.05, 0) is 24.3 Å². The molecule has 4 aromatic rings. The first kappa shape index (κ1) is 14.0. The molecular formula is C18H13N5O2. The standard InChI is InChI=1S/C18H13N5O2/c24-15-9-12(16-2-1-7-25-16)8-14-13(15)10-23-18(20-14)21-17(22-23)11-3-5-19-6-4-11/h1-7,10,12H,8-9H2/t12-/m0/s1. The van der Waals surface area contributed by atoms with Crippen LogP contribution in [0.15, 0.2) is 53.5 Å². The van der Waals surface area contributed by atoms with Gasteiger partial charge in [-0.2, -0.15) is 4.98 Å². The third-order valence-corrected chi connectivity index (χ3v) is 4.47. The highest BCUT2D eigenvalue weighted by Gasteiger charge is 2.30. The van der Waals surface area contributed by atoms with Crippen LogP contribution in [0.5, 0.6) is 0 Å². The fourth-order valence-corrected chi connectivity index (χ4v) is 3.23. The molecule has 0 amide bonds. The van der Waals surface area contributed by atoms with E-state index in [4.69, 9.17) is 4.42 Å². The highest BCUT2D eigenvalue weighted by molar-refractivity contribution is 5.98. The van der Waals surface area contributed by atoms with Crippen LogP contribution < -0.4 is 0 Å². The summed E-state index contributed by atoms with van der Waals surface area (Å²) < 4.78 is 7.04. The maximum atomic E-state index is 12.6. The van der Waals surface area contributed by atoms with Crippen molar-refractivity contribution in [3.05, 3.63) is 66.1 Å². The predicted octanol–water partition coefficient (Wildman–Crippen LogP) is 2.69. The number of rotatable bonds is 2. The summed E-state index contributed by atoms with van der Waals surface area (Å²) in [4.78, 5) is 25.6. The SMILES string of the molecule is O=C1C[C@@H](c2ccco2)Cc2nc3nc(-c4ccncc4)nn3cc21. The molecule has 0 fully saturated rings. The second kappa shape index (κ2) is 5.34. The monoisotopic (exact) mass is 331 g/mol. The van der Waals surface area contributed by atoms with Gasteiger partial charge in [-0.15, -0.1) is 5.10 Å². The minimum absolute atomic E-state index is 0.0209. The second-order valence-corrected chi connectivity index (χ2v) is 6.06. The van der Waals surface area contributed by atoms with Crippen LogP contribution in [0.2, 0.25) is 0 Å². The van der Waals surface area contributed by atoms with Crippen LogP contribution in [-0.2, 0) is 6.42 Å². The first-order valence-corrected chi connectivity index (χ1v) is 8.01. The van der Waals surface area contributed by atoms with E-state index in [2.05, 4.69) is 20.1 Å². The lowest BCUT2D eigenvalue weighted by atomic mass is 9.85. The summed E-state index contributed by atoms with van der Waals surface area (Å²) in [6.07, 6.45) is 7.82. The van der Waals surface area contributed by atoms with E-state index in [1.165, 1.54) is 0 Å². The van der Waals surface area contributed by atoms with Gasteiger partial charge in [0, 0.05) is 42.9 Å². The van der Waals surface area contributed by atoms with Gasteiger partial charge in [0.25, 0.3) is 5.78 Å². The van der Waals surface area contributed by atoms with Crippen LogP contribution in [0.4, 0.5) is 0 Å². The number of hydrogen-bond acceptors (Lipinski definition) is 6. The van der Waals surface area contributed by atoms with E-state index in [1.54, 1.807) is 29.4 Å². The first-order valence-electron chi connectivity index (χ1n) is 8.01. The topological polar surface area (TPSA) is 86.2 Å². The number of aromatic nitrogens is 5. The summed E-state index contributed by atoms with van der Waals surface area (Å²) in [6, 6.07) is 7.42. The fourth-order valence-electron chi connectivity index (χ4n) is 3.23. The molecule has 4 aromatic heterocycles. The smallest absolute Gasteiger partial charge is 0.252 e. The molecule has 0 bridgehead atoms. The predicted molar refractivity (Wildman–Crippen MR) is 88.1 cm³/mol. The Morgan fingerprint density at radius 3 is 2.80 bits per heavy atom. The third kappa shape index (κ3) is 2.32. The third-order valence-electron chi connectivity index (χ3n) is 4.47. The summed E-state index contributed by atoms with van der Waals surface area (Å²) in [7, 11) is 0. The van der Waals surface area contributed by atoms with Crippen LogP contribution in [0.1, 0.15) is 34.2 Å². The summed E-state index contributed by atoms with van der Waals surface area (Å²) in [5.74, 6) is 1.94. The molecule has 0 saturated carbocycles. The van der Waals surface area contributed by atoms with Crippen LogP contribution in [-0.4, -0.2) is 30.3 Å². The van der Waals surface area contributed by atoms with Gasteiger partial charge in [0.15, 0.2) is 11.6 Å². The van der Waals surface area contributed by atoms with Crippen molar-refractivity contribution in [3.8, 4) is 11.4 Å². The minimum atomic E-state index is 0.0209. The number of Topliss-reactive ketones (excluding diaryl/α,β-unsaturated/α-hetero) is 1. The van der Waals surface area contributed by atoms with Gasteiger partial charge in [-0.3, -0.25) is 9.78 Å². The lowest BCUT2D eigenvalue weighted by Crippen LogP contribution is -2.21. The van der Waals surface area contributed by atoms with Gasteiger partial charge >= 0.3 is 0 Å². The molecule has 0 saturated heterocycles. The van der Waals surface area contributed by atoms with Crippen molar-refractivity contribution in [3.63, 3.8) is 0 Å². The Balaban J connectivity index is 1.59. The molecule has 7 nitrogen and oxygen atoms in total. The van der Waals surface area contributed by atoms with Gasteiger partial charge in [0.05, 0.1) is 17.5 Å². The quantitative estimate of drug-likeness (QED) is 0.561. The normalized spacial score (nSPS) is 17.0. The van der Waals surface area contributed by atoms with Crippen molar-refractivity contribution >= 4 is 11.6 Å². The van der Waals surface area contributed by atoms with E-state index >= 15 is 0 Å². The lowest BCUT2D eigenvalue weighted by Gasteiger charge is -2.20. The maximum absolute atomic E-state index is 12.6. The summed E-state index contributed by atoms with van der Waals surface area (Å²) in [5.41, 5.74) is 2.22. The van der Waals surface area contributed by atoms with E-state index in [0.717, 1.165) is 17.0 Å². The summed E-state index contributed by atoms with van der Waals surface area (Å²) in [5, 5.41) is 4.44. The Bertz CT molecular complexity index is 1070. The van der Waals surface area contributed by atoms with E-state index in [1.807, 2.05) is 24.3 Å².